The Morgan fingerprint density at radius 3 is 2.20 bits per heavy atom. The van der Waals surface area contributed by atoms with Gasteiger partial charge in [0.15, 0.2) is 11.6 Å². The number of carboxylic acids is 1. The molecule has 2 aliphatic heterocycles. The second kappa shape index (κ2) is 15.8. The number of methoxy groups -OCH3 is 1. The van der Waals surface area contributed by atoms with Crippen molar-refractivity contribution in [1.29, 1.82) is 0 Å². The van der Waals surface area contributed by atoms with Gasteiger partial charge in [-0.25, -0.2) is 4.79 Å². The van der Waals surface area contributed by atoms with Crippen molar-refractivity contribution in [2.75, 3.05) is 13.7 Å². The molecule has 0 spiro atoms. The van der Waals surface area contributed by atoms with Gasteiger partial charge in [-0.1, -0.05) is 20.8 Å². The summed E-state index contributed by atoms with van der Waals surface area (Å²) >= 11 is 0. The molecule has 14 heteroatoms. The van der Waals surface area contributed by atoms with Crippen LogP contribution in [0.3, 0.4) is 0 Å². The summed E-state index contributed by atoms with van der Waals surface area (Å²) in [5.74, 6) is -4.82. The number of nitrogens with zero attached hydrogens (tertiary/aromatic N) is 2. The van der Waals surface area contributed by atoms with Gasteiger partial charge in [-0.05, 0) is 75.8 Å². The predicted molar refractivity (Wildman–Crippen MR) is 209 cm³/mol. The highest BCUT2D eigenvalue weighted by molar-refractivity contribution is 6.23. The normalized spacial score (nSPS) is 20.4. The van der Waals surface area contributed by atoms with Crippen LogP contribution >= 0.6 is 0 Å². The Kier molecular flexibility index (Phi) is 11.3. The van der Waals surface area contributed by atoms with E-state index in [4.69, 9.17) is 14.7 Å². The van der Waals surface area contributed by atoms with Gasteiger partial charge in [0, 0.05) is 88.4 Å². The number of esters is 1. The molecule has 0 saturated carbocycles. The number of hydrogen-bond donors (Lipinski definition) is 5. The van der Waals surface area contributed by atoms with Gasteiger partial charge in [0.2, 0.25) is 11.8 Å². The van der Waals surface area contributed by atoms with Crippen LogP contribution < -0.4 is 10.6 Å². The molecule has 8 bridgehead atoms. The van der Waals surface area contributed by atoms with Crippen molar-refractivity contribution in [3.63, 3.8) is 0 Å². The zero-order valence-corrected chi connectivity index (χ0v) is 33.1. The van der Waals surface area contributed by atoms with E-state index in [-0.39, 0.29) is 54.6 Å². The van der Waals surface area contributed by atoms with Crippen molar-refractivity contribution in [1.82, 2.24) is 30.6 Å². The van der Waals surface area contributed by atoms with E-state index in [1.807, 2.05) is 39.0 Å². The summed E-state index contributed by atoms with van der Waals surface area (Å²) in [6.45, 7) is 13.0. The summed E-state index contributed by atoms with van der Waals surface area (Å²) in [5, 5.41) is 14.7. The molecular weight excluding hydrogens is 716 g/mol. The molecule has 3 aromatic heterocycles. The minimum absolute atomic E-state index is 0.0617. The molecule has 3 aliphatic rings. The summed E-state index contributed by atoms with van der Waals surface area (Å²) in [5.41, 5.74) is 8.24. The maximum Gasteiger partial charge on any atom is 0.326 e. The summed E-state index contributed by atoms with van der Waals surface area (Å²) in [6.07, 6.45) is 1.70. The van der Waals surface area contributed by atoms with E-state index in [1.54, 1.807) is 6.92 Å². The number of fused-ring (bicyclic) bond motifs is 8. The van der Waals surface area contributed by atoms with Crippen molar-refractivity contribution in [3.05, 3.63) is 68.8 Å². The smallest absolute Gasteiger partial charge is 0.326 e. The van der Waals surface area contributed by atoms with Gasteiger partial charge in [-0.3, -0.25) is 33.9 Å². The molecule has 0 radical (unpaired) electrons. The third kappa shape index (κ3) is 7.24. The molecule has 6 rings (SSSR count). The molecular formula is C42H50N6O8. The molecule has 3 aromatic rings. The SMILES string of the molecule is CC[C@H]1c2cc3[nH]c4c(c3C)C(=O)C(C(=O)OC)c4c3nc(cc4[nH]c(cc(n2)[C@@H]1C)c(C(C)=O)c4C)[C@@H](C)[C@@H]3CCC(=O)NCCCC(NC(C)=O)C(=O)O. The standard InChI is InChI=1S/C42H50N6O8/c1-9-24-18(2)27-17-32-34(22(6)49)20(4)29(46-32)15-28-19(3)25(12-13-33(51)43-14-10-11-26(41(53)54)44-23(7)50)38(47-28)36-37(42(55)56-8)40(52)35-21(5)30(48-39(35)36)16-31(24)45-27/h15-19,24-26,37,46,48H,9-14H2,1-8H3,(H,43,51)(H,44,50)(H,53,54)/t18-,19+,24-,25+,26?,37?/m1/s1. The number of ether oxygens (including phenoxy) is 1. The Hall–Kier alpha value is -5.66. The third-order valence-corrected chi connectivity index (χ3v) is 11.8. The minimum atomic E-state index is -1.26. The van der Waals surface area contributed by atoms with Crippen LogP contribution in [0.15, 0.2) is 18.2 Å². The molecule has 0 fully saturated rings. The number of carbonyl (C=O) groups is 6. The van der Waals surface area contributed by atoms with Crippen LogP contribution in [0.2, 0.25) is 0 Å². The fourth-order valence-electron chi connectivity index (χ4n) is 8.74. The topological polar surface area (TPSA) is 213 Å². The van der Waals surface area contributed by atoms with E-state index < -0.39 is 35.7 Å². The Morgan fingerprint density at radius 2 is 1.55 bits per heavy atom. The van der Waals surface area contributed by atoms with E-state index in [0.717, 1.165) is 23.4 Å². The number of aliphatic carboxylic acids is 1. The molecule has 1 aliphatic carbocycles. The van der Waals surface area contributed by atoms with Gasteiger partial charge in [0.05, 0.1) is 23.8 Å². The van der Waals surface area contributed by atoms with Crippen molar-refractivity contribution in [2.45, 2.75) is 116 Å². The van der Waals surface area contributed by atoms with E-state index in [0.29, 0.717) is 68.6 Å². The summed E-state index contributed by atoms with van der Waals surface area (Å²) in [6, 6.07) is 4.78. The number of aromatic nitrogens is 4. The minimum Gasteiger partial charge on any atom is -0.480 e. The third-order valence-electron chi connectivity index (χ3n) is 11.8. The first kappa shape index (κ1) is 40.0. The van der Waals surface area contributed by atoms with Crippen LogP contribution in [0.4, 0.5) is 0 Å². The number of nitrogens with one attached hydrogen (secondary N) is 4. The van der Waals surface area contributed by atoms with Gasteiger partial charge < -0.3 is 30.4 Å². The van der Waals surface area contributed by atoms with E-state index in [9.17, 15) is 33.9 Å². The van der Waals surface area contributed by atoms with Crippen molar-refractivity contribution in [3.8, 4) is 0 Å². The second-order valence-electron chi connectivity index (χ2n) is 15.3. The molecule has 296 valence electrons. The number of aromatic amines is 2. The zero-order chi connectivity index (χ0) is 40.7. The monoisotopic (exact) mass is 766 g/mol. The average molecular weight is 767 g/mol. The highest BCUT2D eigenvalue weighted by Gasteiger charge is 2.45. The lowest BCUT2D eigenvalue weighted by Gasteiger charge is -2.19. The summed E-state index contributed by atoms with van der Waals surface area (Å²) in [7, 11) is 1.25. The second-order valence-corrected chi connectivity index (χ2v) is 15.3. The van der Waals surface area contributed by atoms with E-state index in [1.165, 1.54) is 14.0 Å². The molecule has 14 nitrogen and oxygen atoms in total. The molecule has 2 amide bonds. The van der Waals surface area contributed by atoms with Gasteiger partial charge in [0.25, 0.3) is 0 Å². The first-order valence-corrected chi connectivity index (χ1v) is 19.2. The fourth-order valence-corrected chi connectivity index (χ4v) is 8.74. The largest absolute Gasteiger partial charge is 0.480 e. The van der Waals surface area contributed by atoms with Crippen LogP contribution in [0.25, 0.3) is 22.1 Å². The maximum absolute atomic E-state index is 14.3. The molecule has 5 heterocycles. The van der Waals surface area contributed by atoms with Gasteiger partial charge >= 0.3 is 11.9 Å². The van der Waals surface area contributed by atoms with Crippen LogP contribution in [0.5, 0.6) is 0 Å². The first-order valence-electron chi connectivity index (χ1n) is 19.2. The lowest BCUT2D eigenvalue weighted by Crippen LogP contribution is -2.40. The summed E-state index contributed by atoms with van der Waals surface area (Å²) < 4.78 is 5.20. The van der Waals surface area contributed by atoms with Crippen LogP contribution in [0, 0.1) is 13.8 Å². The maximum atomic E-state index is 14.3. The average Bonchev–Trinajstić information content (AvgIpc) is 3.88. The van der Waals surface area contributed by atoms with E-state index in [2.05, 4.69) is 34.4 Å². The van der Waals surface area contributed by atoms with Gasteiger partial charge in [-0.15, -0.1) is 0 Å². The Bertz CT molecular complexity index is 2320. The Morgan fingerprint density at radius 1 is 0.911 bits per heavy atom. The van der Waals surface area contributed by atoms with E-state index >= 15 is 0 Å². The number of H-pyrrole nitrogens is 2. The number of carboxylic acid groups (broad SMARTS) is 1. The first-order chi connectivity index (χ1) is 26.6. The highest BCUT2D eigenvalue weighted by Crippen LogP contribution is 2.48. The van der Waals surface area contributed by atoms with Crippen molar-refractivity contribution < 1.29 is 38.6 Å². The number of aryl methyl sites for hydroxylation is 2. The molecule has 56 heavy (non-hydrogen) atoms. The van der Waals surface area contributed by atoms with Gasteiger partial charge in [0.1, 0.15) is 12.0 Å². The quantitative estimate of drug-likeness (QED) is 0.0624. The highest BCUT2D eigenvalue weighted by atomic mass is 16.5. The lowest BCUT2D eigenvalue weighted by atomic mass is 9.84. The van der Waals surface area contributed by atoms with Crippen LogP contribution in [0.1, 0.15) is 156 Å². The molecule has 2 unspecified atom stereocenters. The number of carbonyl (C=O) groups excluding carboxylic acids is 5. The zero-order valence-electron chi connectivity index (χ0n) is 33.1. The van der Waals surface area contributed by atoms with Crippen molar-refractivity contribution in [2.24, 2.45) is 0 Å². The van der Waals surface area contributed by atoms with Crippen molar-refractivity contribution >= 4 is 57.4 Å². The molecule has 5 N–H and O–H groups in total. The number of amides is 2. The number of hydrogen-bond acceptors (Lipinski definition) is 9. The molecule has 6 atom stereocenters. The van der Waals surface area contributed by atoms with Crippen LogP contribution in [-0.4, -0.2) is 80.1 Å². The van der Waals surface area contributed by atoms with Gasteiger partial charge in [-0.2, -0.15) is 0 Å². The predicted octanol–water partition coefficient (Wildman–Crippen LogP) is 6.04. The lowest BCUT2D eigenvalue weighted by molar-refractivity contribution is -0.142. The summed E-state index contributed by atoms with van der Waals surface area (Å²) in [4.78, 5) is 94.2. The number of rotatable bonds is 12. The molecule has 0 aromatic carbocycles. The fraction of sp³-hybridized carbons (Fsp3) is 0.476. The van der Waals surface area contributed by atoms with Crippen LogP contribution in [-0.2, 0) is 23.9 Å². The number of ketones is 2. The number of Topliss-reactive ketones (excluding diaryl/α,β-unsaturated/α-hetero) is 2. The molecule has 0 saturated heterocycles. The Balaban J connectivity index is 1.50. The Labute approximate surface area is 324 Å².